The predicted octanol–water partition coefficient (Wildman–Crippen LogP) is 3.00. The fourth-order valence-corrected chi connectivity index (χ4v) is 3.49. The van der Waals surface area contributed by atoms with Crippen molar-refractivity contribution in [2.75, 3.05) is 19.8 Å². The number of carbonyl (C=O) groups is 1. The van der Waals surface area contributed by atoms with Crippen LogP contribution >= 0.6 is 0 Å². The van der Waals surface area contributed by atoms with Gasteiger partial charge in [-0.05, 0) is 53.0 Å². The molecule has 1 unspecified atom stereocenters. The fourth-order valence-electron chi connectivity index (χ4n) is 3.49. The molecule has 0 saturated carbocycles. The van der Waals surface area contributed by atoms with Crippen LogP contribution in [0.3, 0.4) is 0 Å². The molecule has 4 heteroatoms. The molecule has 2 rings (SSSR count). The van der Waals surface area contributed by atoms with E-state index in [1.54, 1.807) is 0 Å². The van der Waals surface area contributed by atoms with Gasteiger partial charge in [0.1, 0.15) is 6.61 Å². The molecule has 4 nitrogen and oxygen atoms in total. The second-order valence-corrected chi connectivity index (χ2v) is 7.90. The van der Waals surface area contributed by atoms with Crippen LogP contribution in [-0.4, -0.2) is 47.8 Å². The van der Waals surface area contributed by atoms with Gasteiger partial charge >= 0.3 is 5.97 Å². The van der Waals surface area contributed by atoms with Crippen LogP contribution in [0.1, 0.15) is 60.3 Å². The van der Waals surface area contributed by atoms with E-state index in [1.807, 2.05) is 13.8 Å². The second-order valence-electron chi connectivity index (χ2n) is 7.90. The number of esters is 1. The first-order valence-corrected chi connectivity index (χ1v) is 8.31. The van der Waals surface area contributed by atoms with Crippen molar-refractivity contribution in [3.63, 3.8) is 0 Å². The molecular formula is C17H31NO3. The molecule has 2 fully saturated rings. The van der Waals surface area contributed by atoms with Crippen LogP contribution in [0, 0.1) is 5.92 Å². The van der Waals surface area contributed by atoms with Crippen LogP contribution in [0.4, 0.5) is 0 Å². The lowest BCUT2D eigenvalue weighted by Gasteiger charge is -2.37. The summed E-state index contributed by atoms with van der Waals surface area (Å²) in [5, 5.41) is 0. The third-order valence-corrected chi connectivity index (χ3v) is 4.70. The summed E-state index contributed by atoms with van der Waals surface area (Å²) in [6.45, 7) is 12.5. The average molecular weight is 297 g/mol. The molecule has 0 aromatic rings. The van der Waals surface area contributed by atoms with Crippen LogP contribution in [0.25, 0.3) is 0 Å². The van der Waals surface area contributed by atoms with E-state index in [4.69, 9.17) is 9.47 Å². The Morgan fingerprint density at radius 3 is 2.67 bits per heavy atom. The first-order chi connectivity index (χ1) is 9.73. The second kappa shape index (κ2) is 6.25. The summed E-state index contributed by atoms with van der Waals surface area (Å²) in [5.74, 6) is -0.128. The van der Waals surface area contributed by atoms with Crippen LogP contribution < -0.4 is 0 Å². The van der Waals surface area contributed by atoms with Crippen LogP contribution in [0.15, 0.2) is 0 Å². The standard InChI is InChI=1S/C17H31NO3/c1-13(2)15(19)20-11-14-7-9-17(8-6-10-18(14)17)12-21-16(3,4)5/h13-14H,6-12H2,1-5H3/t14-,17?/m1/s1. The summed E-state index contributed by atoms with van der Waals surface area (Å²) in [4.78, 5) is 14.2. The van der Waals surface area contributed by atoms with Gasteiger partial charge in [0, 0.05) is 11.6 Å². The van der Waals surface area contributed by atoms with E-state index in [9.17, 15) is 4.79 Å². The van der Waals surface area contributed by atoms with Crippen molar-refractivity contribution in [1.29, 1.82) is 0 Å². The van der Waals surface area contributed by atoms with E-state index in [-0.39, 0.29) is 23.0 Å². The number of hydrogen-bond acceptors (Lipinski definition) is 4. The van der Waals surface area contributed by atoms with Gasteiger partial charge in [-0.25, -0.2) is 0 Å². The Kier molecular flexibility index (Phi) is 4.99. The maximum absolute atomic E-state index is 11.7. The SMILES string of the molecule is CC(C)C(=O)OC[C@H]1CCC2(COC(C)(C)C)CCCN12. The molecule has 122 valence electrons. The van der Waals surface area contributed by atoms with Crippen molar-refractivity contribution in [3.05, 3.63) is 0 Å². The van der Waals surface area contributed by atoms with Crippen LogP contribution in [0.2, 0.25) is 0 Å². The Bertz CT molecular complexity index is 375. The van der Waals surface area contributed by atoms with Crippen molar-refractivity contribution in [3.8, 4) is 0 Å². The average Bonchev–Trinajstić information content (AvgIpc) is 2.92. The molecule has 2 heterocycles. The number of fused-ring (bicyclic) bond motifs is 1. The zero-order valence-corrected chi connectivity index (χ0v) is 14.3. The Morgan fingerprint density at radius 2 is 2.05 bits per heavy atom. The quantitative estimate of drug-likeness (QED) is 0.731. The monoisotopic (exact) mass is 297 g/mol. The molecule has 21 heavy (non-hydrogen) atoms. The first kappa shape index (κ1) is 16.8. The number of nitrogens with zero attached hydrogens (tertiary/aromatic N) is 1. The van der Waals surface area contributed by atoms with Crippen molar-refractivity contribution in [2.45, 2.75) is 77.5 Å². The van der Waals surface area contributed by atoms with Gasteiger partial charge in [-0.1, -0.05) is 13.8 Å². The summed E-state index contributed by atoms with van der Waals surface area (Å²) in [6, 6.07) is 0.374. The zero-order valence-electron chi connectivity index (χ0n) is 14.3. The van der Waals surface area contributed by atoms with Crippen LogP contribution in [0.5, 0.6) is 0 Å². The van der Waals surface area contributed by atoms with E-state index in [2.05, 4.69) is 25.7 Å². The highest BCUT2D eigenvalue weighted by atomic mass is 16.5. The molecule has 0 spiro atoms. The third-order valence-electron chi connectivity index (χ3n) is 4.70. The Labute approximate surface area is 129 Å². The topological polar surface area (TPSA) is 38.8 Å². The smallest absolute Gasteiger partial charge is 0.308 e. The number of carbonyl (C=O) groups excluding carboxylic acids is 1. The van der Waals surface area contributed by atoms with Crippen molar-refractivity contribution in [2.24, 2.45) is 5.92 Å². The summed E-state index contributed by atoms with van der Waals surface area (Å²) < 4.78 is 11.5. The van der Waals surface area contributed by atoms with Gasteiger partial charge in [0.2, 0.25) is 0 Å². The maximum atomic E-state index is 11.7. The maximum Gasteiger partial charge on any atom is 0.308 e. The van der Waals surface area contributed by atoms with Gasteiger partial charge < -0.3 is 9.47 Å². The summed E-state index contributed by atoms with van der Waals surface area (Å²) in [6.07, 6.45) is 4.70. The molecule has 0 aromatic carbocycles. The van der Waals surface area contributed by atoms with Gasteiger partial charge in [0.05, 0.1) is 18.1 Å². The third kappa shape index (κ3) is 3.98. The Morgan fingerprint density at radius 1 is 1.33 bits per heavy atom. The molecule has 2 aliphatic rings. The van der Waals surface area contributed by atoms with Gasteiger partial charge in [0.15, 0.2) is 0 Å². The lowest BCUT2D eigenvalue weighted by atomic mass is 9.95. The summed E-state index contributed by atoms with van der Waals surface area (Å²) >= 11 is 0. The van der Waals surface area contributed by atoms with E-state index in [0.29, 0.717) is 12.6 Å². The largest absolute Gasteiger partial charge is 0.464 e. The molecule has 0 aliphatic carbocycles. The van der Waals surface area contributed by atoms with Gasteiger partial charge in [-0.15, -0.1) is 0 Å². The van der Waals surface area contributed by atoms with E-state index >= 15 is 0 Å². The molecule has 0 radical (unpaired) electrons. The molecule has 0 bridgehead atoms. The molecule has 0 amide bonds. The number of ether oxygens (including phenoxy) is 2. The summed E-state index contributed by atoms with van der Waals surface area (Å²) in [5.41, 5.74) is 0.0907. The summed E-state index contributed by atoms with van der Waals surface area (Å²) in [7, 11) is 0. The zero-order chi connectivity index (χ0) is 15.7. The van der Waals surface area contributed by atoms with E-state index in [0.717, 1.165) is 26.0 Å². The highest BCUT2D eigenvalue weighted by molar-refractivity contribution is 5.71. The highest BCUT2D eigenvalue weighted by Gasteiger charge is 2.49. The Hall–Kier alpha value is -0.610. The van der Waals surface area contributed by atoms with E-state index < -0.39 is 0 Å². The molecule has 0 aromatic heterocycles. The molecule has 2 saturated heterocycles. The lowest BCUT2D eigenvalue weighted by Crippen LogP contribution is -2.48. The first-order valence-electron chi connectivity index (χ1n) is 8.31. The molecule has 2 aliphatic heterocycles. The van der Waals surface area contributed by atoms with Gasteiger partial charge in [0.25, 0.3) is 0 Å². The Balaban J connectivity index is 1.92. The minimum Gasteiger partial charge on any atom is -0.464 e. The van der Waals surface area contributed by atoms with Crippen molar-refractivity contribution in [1.82, 2.24) is 4.90 Å². The predicted molar refractivity (Wildman–Crippen MR) is 83.2 cm³/mol. The number of rotatable bonds is 5. The van der Waals surface area contributed by atoms with Gasteiger partial charge in [-0.3, -0.25) is 9.69 Å². The molecule has 0 N–H and O–H groups in total. The normalized spacial score (nSPS) is 29.9. The lowest BCUT2D eigenvalue weighted by molar-refractivity contribution is -0.149. The van der Waals surface area contributed by atoms with Crippen LogP contribution in [-0.2, 0) is 14.3 Å². The fraction of sp³-hybridized carbons (Fsp3) is 0.941. The minimum atomic E-state index is -0.0921. The van der Waals surface area contributed by atoms with E-state index in [1.165, 1.54) is 12.8 Å². The van der Waals surface area contributed by atoms with Gasteiger partial charge in [-0.2, -0.15) is 0 Å². The number of hydrogen-bond donors (Lipinski definition) is 0. The minimum absolute atomic E-state index is 0.0426. The van der Waals surface area contributed by atoms with Crippen molar-refractivity contribution < 1.29 is 14.3 Å². The molecular weight excluding hydrogens is 266 g/mol. The van der Waals surface area contributed by atoms with Crippen molar-refractivity contribution >= 4 is 5.97 Å². The highest BCUT2D eigenvalue weighted by Crippen LogP contribution is 2.43. The molecule has 2 atom stereocenters.